The minimum atomic E-state index is -0.359. The maximum Gasteiger partial charge on any atom is 0.419 e. The third kappa shape index (κ3) is 2.70. The molecule has 1 atom stereocenters. The van der Waals surface area contributed by atoms with E-state index in [0.29, 0.717) is 10.6 Å². The minimum absolute atomic E-state index is 0.0130. The van der Waals surface area contributed by atoms with E-state index in [1.807, 2.05) is 36.4 Å². The number of rotatable bonds is 2. The smallest absolute Gasteiger partial charge is 0.408 e. The number of fused-ring (bicyclic) bond motifs is 1. The van der Waals surface area contributed by atoms with E-state index < -0.39 is 0 Å². The first kappa shape index (κ1) is 14.9. The van der Waals surface area contributed by atoms with Crippen molar-refractivity contribution in [3.63, 3.8) is 0 Å². The number of benzene rings is 2. The highest BCUT2D eigenvalue weighted by Crippen LogP contribution is 2.35. The van der Waals surface area contributed by atoms with E-state index in [4.69, 9.17) is 16.0 Å². The molecule has 3 nitrogen and oxygen atoms in total. The zero-order chi connectivity index (χ0) is 15.1. The fraction of sp³-hybridized carbons (Fsp3) is 0.133. The average Bonchev–Trinajstić information content (AvgIpc) is 2.76. The van der Waals surface area contributed by atoms with Crippen LogP contribution in [-0.2, 0) is 7.05 Å². The molecule has 0 saturated carbocycles. The first-order chi connectivity index (χ1) is 9.97. The first-order valence-corrected chi connectivity index (χ1v) is 8.24. The maximum absolute atomic E-state index is 11.5. The molecule has 108 valence electrons. The van der Waals surface area contributed by atoms with Crippen LogP contribution in [0.1, 0.15) is 16.0 Å². The van der Waals surface area contributed by atoms with Gasteiger partial charge in [-0.2, -0.15) is 0 Å². The summed E-state index contributed by atoms with van der Waals surface area (Å²) in [5.41, 5.74) is 3.42. The number of nitrogens with zero attached hydrogens (tertiary/aromatic N) is 1. The van der Waals surface area contributed by atoms with E-state index in [0.717, 1.165) is 21.1 Å². The summed E-state index contributed by atoms with van der Waals surface area (Å²) >= 11 is 13.1. The third-order valence-corrected chi connectivity index (χ3v) is 5.62. The number of alkyl halides is 1. The number of hydrogen-bond donors (Lipinski definition) is 0. The van der Waals surface area contributed by atoms with Gasteiger partial charge in [0.1, 0.15) is 0 Å². The number of aromatic nitrogens is 1. The fourth-order valence-electron chi connectivity index (χ4n) is 2.17. The summed E-state index contributed by atoms with van der Waals surface area (Å²) in [7, 11) is 1.69. The number of hydrogen-bond acceptors (Lipinski definition) is 2. The lowest BCUT2D eigenvalue weighted by atomic mass is 10.0. The molecule has 21 heavy (non-hydrogen) atoms. The Balaban J connectivity index is 2.06. The van der Waals surface area contributed by atoms with Crippen molar-refractivity contribution in [1.82, 2.24) is 4.57 Å². The first-order valence-electron chi connectivity index (χ1n) is 6.16. The van der Waals surface area contributed by atoms with Gasteiger partial charge in [-0.25, -0.2) is 4.79 Å². The van der Waals surface area contributed by atoms with E-state index in [1.165, 1.54) is 4.57 Å². The second-order valence-corrected chi connectivity index (χ2v) is 6.87. The molecule has 0 aliphatic carbocycles. The van der Waals surface area contributed by atoms with Gasteiger partial charge in [-0.1, -0.05) is 39.7 Å². The van der Waals surface area contributed by atoms with Crippen molar-refractivity contribution in [3.05, 3.63) is 67.6 Å². The molecular weight excluding hydrogens is 421 g/mol. The van der Waals surface area contributed by atoms with Crippen LogP contribution >= 0.6 is 43.5 Å². The molecule has 3 rings (SSSR count). The fourth-order valence-corrected chi connectivity index (χ4v) is 3.25. The van der Waals surface area contributed by atoms with Crippen molar-refractivity contribution < 1.29 is 4.42 Å². The Morgan fingerprint density at radius 3 is 2.57 bits per heavy atom. The van der Waals surface area contributed by atoms with Gasteiger partial charge in [0.05, 0.1) is 15.4 Å². The molecule has 3 aromatic rings. The molecule has 0 spiro atoms. The van der Waals surface area contributed by atoms with Crippen LogP contribution in [0.5, 0.6) is 0 Å². The summed E-state index contributed by atoms with van der Waals surface area (Å²) in [5, 5.41) is 0.669. The Labute approximate surface area is 142 Å². The molecule has 0 amide bonds. The van der Waals surface area contributed by atoms with E-state index in [2.05, 4.69) is 31.9 Å². The topological polar surface area (TPSA) is 35.1 Å². The van der Waals surface area contributed by atoms with E-state index in [1.54, 1.807) is 7.05 Å². The molecule has 0 bridgehead atoms. The van der Waals surface area contributed by atoms with Crippen molar-refractivity contribution >= 4 is 54.6 Å². The Kier molecular flexibility index (Phi) is 3.99. The molecule has 0 aliphatic rings. The molecule has 0 fully saturated rings. The third-order valence-electron chi connectivity index (χ3n) is 3.35. The zero-order valence-corrected chi connectivity index (χ0v) is 14.9. The van der Waals surface area contributed by atoms with Gasteiger partial charge in [0, 0.05) is 11.5 Å². The summed E-state index contributed by atoms with van der Waals surface area (Å²) in [4.78, 5) is 11.5. The van der Waals surface area contributed by atoms with Crippen LogP contribution in [0.25, 0.3) is 11.1 Å². The molecule has 0 radical (unpaired) electrons. The van der Waals surface area contributed by atoms with Gasteiger partial charge in [-0.05, 0) is 51.3 Å². The Bertz CT molecular complexity index is 885. The molecule has 0 N–H and O–H groups in total. The molecule has 2 aromatic carbocycles. The van der Waals surface area contributed by atoms with Crippen LogP contribution in [0.3, 0.4) is 0 Å². The van der Waals surface area contributed by atoms with Gasteiger partial charge >= 0.3 is 5.76 Å². The maximum atomic E-state index is 11.5. The van der Waals surface area contributed by atoms with Crippen LogP contribution in [-0.4, -0.2) is 4.57 Å². The summed E-state index contributed by atoms with van der Waals surface area (Å²) in [6, 6.07) is 11.5. The Hall–Kier alpha value is -1.04. The Morgan fingerprint density at radius 1 is 1.19 bits per heavy atom. The predicted octanol–water partition coefficient (Wildman–Crippen LogP) is 5.03. The van der Waals surface area contributed by atoms with Gasteiger partial charge in [0.15, 0.2) is 5.58 Å². The second kappa shape index (κ2) is 5.63. The molecule has 1 heterocycles. The van der Waals surface area contributed by atoms with Crippen molar-refractivity contribution in [1.29, 1.82) is 0 Å². The van der Waals surface area contributed by atoms with Crippen LogP contribution < -0.4 is 5.76 Å². The number of oxazole rings is 1. The van der Waals surface area contributed by atoms with Gasteiger partial charge in [0.2, 0.25) is 0 Å². The summed E-state index contributed by atoms with van der Waals surface area (Å²) in [6.07, 6.45) is 0. The van der Waals surface area contributed by atoms with Crippen LogP contribution in [0.15, 0.2) is 50.1 Å². The van der Waals surface area contributed by atoms with Gasteiger partial charge in [0.25, 0.3) is 0 Å². The average molecular weight is 432 g/mol. The van der Waals surface area contributed by atoms with Crippen LogP contribution in [0.2, 0.25) is 5.02 Å². The summed E-state index contributed by atoms with van der Waals surface area (Å²) in [5.74, 6) is -0.359. The lowest BCUT2D eigenvalue weighted by Gasteiger charge is -2.11. The van der Waals surface area contributed by atoms with E-state index >= 15 is 0 Å². The highest BCUT2D eigenvalue weighted by Gasteiger charge is 2.14. The minimum Gasteiger partial charge on any atom is -0.408 e. The monoisotopic (exact) mass is 429 g/mol. The Morgan fingerprint density at radius 2 is 1.86 bits per heavy atom. The molecule has 1 aromatic heterocycles. The second-order valence-electron chi connectivity index (χ2n) is 4.69. The summed E-state index contributed by atoms with van der Waals surface area (Å²) < 4.78 is 7.56. The molecule has 6 heteroatoms. The molecule has 1 unspecified atom stereocenters. The van der Waals surface area contributed by atoms with Crippen molar-refractivity contribution in [3.8, 4) is 0 Å². The van der Waals surface area contributed by atoms with Crippen LogP contribution in [0, 0.1) is 0 Å². The zero-order valence-electron chi connectivity index (χ0n) is 10.9. The van der Waals surface area contributed by atoms with Gasteiger partial charge < -0.3 is 4.42 Å². The lowest BCUT2D eigenvalue weighted by Crippen LogP contribution is -2.08. The quantitative estimate of drug-likeness (QED) is 0.534. The van der Waals surface area contributed by atoms with E-state index in [9.17, 15) is 4.79 Å². The normalized spacial score (nSPS) is 12.8. The SMILES string of the molecule is Cn1c(=O)oc2cc(C(Br)c3ccc(Cl)c(Br)c3)ccc21. The highest BCUT2D eigenvalue weighted by atomic mass is 79.9. The lowest BCUT2D eigenvalue weighted by molar-refractivity contribution is 0.528. The van der Waals surface area contributed by atoms with Gasteiger partial charge in [-0.15, -0.1) is 0 Å². The number of aryl methyl sites for hydroxylation is 1. The van der Waals surface area contributed by atoms with E-state index in [-0.39, 0.29) is 10.6 Å². The van der Waals surface area contributed by atoms with Crippen molar-refractivity contribution in [2.24, 2.45) is 7.05 Å². The van der Waals surface area contributed by atoms with Crippen molar-refractivity contribution in [2.75, 3.05) is 0 Å². The molecule has 0 saturated heterocycles. The predicted molar refractivity (Wildman–Crippen MR) is 91.4 cm³/mol. The number of halogens is 3. The van der Waals surface area contributed by atoms with Crippen molar-refractivity contribution in [2.45, 2.75) is 4.83 Å². The summed E-state index contributed by atoms with van der Waals surface area (Å²) in [6.45, 7) is 0. The highest BCUT2D eigenvalue weighted by molar-refractivity contribution is 9.10. The molecular formula is C15H10Br2ClNO2. The largest absolute Gasteiger partial charge is 0.419 e. The van der Waals surface area contributed by atoms with Crippen LogP contribution in [0.4, 0.5) is 0 Å². The van der Waals surface area contributed by atoms with Gasteiger partial charge in [-0.3, -0.25) is 4.57 Å². The molecule has 0 aliphatic heterocycles. The standard InChI is InChI=1S/C15H10Br2ClNO2/c1-19-12-5-3-9(7-13(12)21-15(19)20)14(17)8-2-4-11(18)10(16)6-8/h2-7,14H,1H3.